The molecule has 0 spiro atoms. The summed E-state index contributed by atoms with van der Waals surface area (Å²) >= 11 is 0. The van der Waals surface area contributed by atoms with E-state index in [1.165, 1.54) is 0 Å². The average molecular weight is 559 g/mol. The SMILES string of the molecule is CC(C)[C@H](C(=O)OCC(=O)Nc1cccc2ccccc12)N1C(=O)[C@@H]2C3c4ccccc4C(c4ccccc43)[C@@H]2C1=O. The molecule has 4 aromatic carbocycles. The predicted octanol–water partition coefficient (Wildman–Crippen LogP) is 5.24. The number of carbonyl (C=O) groups excluding carboxylic acids is 4. The zero-order valence-electron chi connectivity index (χ0n) is 23.3. The number of benzene rings is 4. The predicted molar refractivity (Wildman–Crippen MR) is 158 cm³/mol. The van der Waals surface area contributed by atoms with Gasteiger partial charge in [0, 0.05) is 22.9 Å². The topological polar surface area (TPSA) is 92.8 Å². The highest BCUT2D eigenvalue weighted by atomic mass is 16.5. The van der Waals surface area contributed by atoms with Crippen LogP contribution in [0.3, 0.4) is 0 Å². The maximum absolute atomic E-state index is 14.1. The van der Waals surface area contributed by atoms with Crippen molar-refractivity contribution in [3.05, 3.63) is 113 Å². The van der Waals surface area contributed by atoms with Gasteiger partial charge >= 0.3 is 5.97 Å². The number of amides is 3. The molecular weight excluding hydrogens is 528 g/mol. The number of likely N-dealkylation sites (tertiary alicyclic amines) is 1. The van der Waals surface area contributed by atoms with E-state index in [2.05, 4.69) is 5.32 Å². The van der Waals surface area contributed by atoms with Crippen molar-refractivity contribution in [3.8, 4) is 0 Å². The van der Waals surface area contributed by atoms with Crippen LogP contribution in [-0.4, -0.2) is 41.2 Å². The summed E-state index contributed by atoms with van der Waals surface area (Å²) in [6, 6.07) is 28.1. The number of esters is 1. The summed E-state index contributed by atoms with van der Waals surface area (Å²) in [6.07, 6.45) is 0. The van der Waals surface area contributed by atoms with Gasteiger partial charge in [-0.3, -0.25) is 19.3 Å². The van der Waals surface area contributed by atoms with Crippen molar-refractivity contribution in [2.24, 2.45) is 17.8 Å². The fourth-order valence-electron chi connectivity index (χ4n) is 7.39. The lowest BCUT2D eigenvalue weighted by atomic mass is 9.55. The molecule has 1 saturated heterocycles. The fourth-order valence-corrected chi connectivity index (χ4v) is 7.39. The molecule has 4 aromatic rings. The molecule has 7 nitrogen and oxygen atoms in total. The number of anilines is 1. The van der Waals surface area contributed by atoms with Crippen LogP contribution >= 0.6 is 0 Å². The van der Waals surface area contributed by atoms with Gasteiger partial charge in [-0.2, -0.15) is 0 Å². The van der Waals surface area contributed by atoms with E-state index in [0.717, 1.165) is 37.9 Å². The van der Waals surface area contributed by atoms with Gasteiger partial charge in [-0.15, -0.1) is 0 Å². The van der Waals surface area contributed by atoms with E-state index in [1.807, 2.05) is 84.9 Å². The van der Waals surface area contributed by atoms with E-state index in [-0.39, 0.29) is 23.7 Å². The molecule has 210 valence electrons. The van der Waals surface area contributed by atoms with E-state index < -0.39 is 42.3 Å². The molecule has 3 atom stereocenters. The molecule has 0 radical (unpaired) electrons. The lowest BCUT2D eigenvalue weighted by Gasteiger charge is -2.45. The Morgan fingerprint density at radius 2 is 1.24 bits per heavy atom. The Morgan fingerprint density at radius 3 is 1.79 bits per heavy atom. The normalized spacial score (nSPS) is 22.5. The Kier molecular flexibility index (Phi) is 6.19. The first kappa shape index (κ1) is 26.1. The van der Waals surface area contributed by atoms with Crippen molar-refractivity contribution in [1.82, 2.24) is 4.90 Å². The molecule has 0 saturated carbocycles. The average Bonchev–Trinajstić information content (AvgIpc) is 3.26. The molecule has 1 fully saturated rings. The maximum atomic E-state index is 14.1. The Morgan fingerprint density at radius 1 is 0.738 bits per heavy atom. The molecule has 0 unspecified atom stereocenters. The van der Waals surface area contributed by atoms with E-state index in [1.54, 1.807) is 19.9 Å². The Balaban J connectivity index is 1.14. The van der Waals surface area contributed by atoms with E-state index in [0.29, 0.717) is 5.69 Å². The molecule has 3 amide bonds. The van der Waals surface area contributed by atoms with Crippen molar-refractivity contribution >= 4 is 40.2 Å². The van der Waals surface area contributed by atoms with Crippen LogP contribution in [0.4, 0.5) is 5.69 Å². The molecule has 4 aliphatic rings. The van der Waals surface area contributed by atoms with Gasteiger partial charge in [0.2, 0.25) is 11.8 Å². The van der Waals surface area contributed by atoms with Gasteiger partial charge < -0.3 is 10.1 Å². The van der Waals surface area contributed by atoms with E-state index in [4.69, 9.17) is 4.74 Å². The van der Waals surface area contributed by atoms with Crippen LogP contribution in [0, 0.1) is 17.8 Å². The van der Waals surface area contributed by atoms with Gasteiger partial charge in [0.15, 0.2) is 6.61 Å². The smallest absolute Gasteiger partial charge is 0.330 e. The summed E-state index contributed by atoms with van der Waals surface area (Å²) in [5, 5.41) is 4.65. The highest BCUT2D eigenvalue weighted by Gasteiger charge is 2.63. The highest BCUT2D eigenvalue weighted by molar-refractivity contribution is 6.10. The third-order valence-corrected chi connectivity index (χ3v) is 9.04. The number of hydrogen-bond acceptors (Lipinski definition) is 5. The number of ether oxygens (including phenoxy) is 1. The minimum atomic E-state index is -1.13. The molecule has 1 heterocycles. The Hall–Kier alpha value is -4.78. The number of rotatable bonds is 6. The lowest BCUT2D eigenvalue weighted by Crippen LogP contribution is -2.49. The van der Waals surface area contributed by atoms with Crippen molar-refractivity contribution in [1.29, 1.82) is 0 Å². The Labute approximate surface area is 243 Å². The maximum Gasteiger partial charge on any atom is 0.330 e. The molecular formula is C35H30N2O5. The van der Waals surface area contributed by atoms with Crippen LogP contribution < -0.4 is 5.32 Å². The number of nitrogens with one attached hydrogen (secondary N) is 1. The summed E-state index contributed by atoms with van der Waals surface area (Å²) in [7, 11) is 0. The number of fused-ring (bicyclic) bond motifs is 1. The summed E-state index contributed by atoms with van der Waals surface area (Å²) in [4.78, 5) is 55.7. The zero-order valence-corrected chi connectivity index (χ0v) is 23.3. The van der Waals surface area contributed by atoms with Gasteiger partial charge in [-0.05, 0) is 39.6 Å². The zero-order chi connectivity index (χ0) is 29.1. The molecule has 42 heavy (non-hydrogen) atoms. The number of imide groups is 1. The summed E-state index contributed by atoms with van der Waals surface area (Å²) < 4.78 is 5.47. The van der Waals surface area contributed by atoms with Crippen molar-refractivity contribution in [3.63, 3.8) is 0 Å². The van der Waals surface area contributed by atoms with Crippen molar-refractivity contribution in [2.75, 3.05) is 11.9 Å². The van der Waals surface area contributed by atoms with Crippen LogP contribution in [0.5, 0.6) is 0 Å². The minimum Gasteiger partial charge on any atom is -0.454 e. The molecule has 3 aliphatic carbocycles. The van der Waals surface area contributed by atoms with Crippen molar-refractivity contribution < 1.29 is 23.9 Å². The second-order valence-electron chi connectivity index (χ2n) is 11.7. The van der Waals surface area contributed by atoms with E-state index in [9.17, 15) is 19.2 Å². The van der Waals surface area contributed by atoms with Gasteiger partial charge in [-0.1, -0.05) is 98.8 Å². The monoisotopic (exact) mass is 558 g/mol. The second kappa shape index (κ2) is 9.94. The first-order chi connectivity index (χ1) is 20.4. The molecule has 2 bridgehead atoms. The highest BCUT2D eigenvalue weighted by Crippen LogP contribution is 2.61. The van der Waals surface area contributed by atoms with Crippen LogP contribution in [0.1, 0.15) is 47.9 Å². The fraction of sp³-hybridized carbons (Fsp3) is 0.257. The first-order valence-corrected chi connectivity index (χ1v) is 14.4. The van der Waals surface area contributed by atoms with Gasteiger partial charge in [0.1, 0.15) is 6.04 Å². The largest absolute Gasteiger partial charge is 0.454 e. The number of hydrogen-bond donors (Lipinski definition) is 1. The first-order valence-electron chi connectivity index (χ1n) is 14.4. The summed E-state index contributed by atoms with van der Waals surface area (Å²) in [5.74, 6) is -4.06. The molecule has 8 rings (SSSR count). The number of nitrogens with zero attached hydrogens (tertiary/aromatic N) is 1. The standard InChI is InChI=1S/C35H30N2O5/c1-19(2)32(35(41)42-18-27(38)36-26-17-9-11-20-10-3-4-12-21(20)26)37-33(39)30-28-22-13-5-6-14-23(22)29(31(30)34(37)40)25-16-8-7-15-24(25)28/h3-17,19,28-32H,18H2,1-2H3,(H,36,38)/t28?,29?,30-,31+,32-/m1/s1. The summed E-state index contributed by atoms with van der Waals surface area (Å²) in [5.41, 5.74) is 4.88. The molecule has 7 heteroatoms. The molecule has 1 N–H and O–H groups in total. The minimum absolute atomic E-state index is 0.260. The van der Waals surface area contributed by atoms with E-state index >= 15 is 0 Å². The quantitative estimate of drug-likeness (QED) is 0.258. The van der Waals surface area contributed by atoms with Crippen LogP contribution in [0.25, 0.3) is 10.8 Å². The number of carbonyl (C=O) groups is 4. The molecule has 0 aromatic heterocycles. The second-order valence-corrected chi connectivity index (χ2v) is 11.7. The van der Waals surface area contributed by atoms with Crippen LogP contribution in [0.2, 0.25) is 0 Å². The third-order valence-electron chi connectivity index (χ3n) is 9.04. The van der Waals surface area contributed by atoms with Crippen molar-refractivity contribution in [2.45, 2.75) is 31.7 Å². The Bertz CT molecular complexity index is 1660. The van der Waals surface area contributed by atoms with Crippen LogP contribution in [-0.2, 0) is 23.9 Å². The third kappa shape index (κ3) is 3.87. The van der Waals surface area contributed by atoms with Crippen LogP contribution in [0.15, 0.2) is 91.0 Å². The van der Waals surface area contributed by atoms with Gasteiger partial charge in [-0.25, -0.2) is 4.79 Å². The van der Waals surface area contributed by atoms with Gasteiger partial charge in [0.05, 0.1) is 11.8 Å². The lowest BCUT2D eigenvalue weighted by molar-refractivity contribution is -0.162. The summed E-state index contributed by atoms with van der Waals surface area (Å²) in [6.45, 7) is 3.03. The molecule has 1 aliphatic heterocycles. The van der Waals surface area contributed by atoms with Gasteiger partial charge in [0.25, 0.3) is 5.91 Å².